The number of carbonyl (C=O) groups excluding carboxylic acids is 1. The summed E-state index contributed by atoms with van der Waals surface area (Å²) in [5.41, 5.74) is 1.06. The van der Waals surface area contributed by atoms with Gasteiger partial charge in [-0.25, -0.2) is 0 Å². The minimum absolute atomic E-state index is 0.112. The Balaban J connectivity index is 2.17. The van der Waals surface area contributed by atoms with E-state index in [4.69, 9.17) is 0 Å². The molecule has 1 aromatic carbocycles. The molecule has 1 aliphatic heterocycles. The van der Waals surface area contributed by atoms with E-state index in [1.54, 1.807) is 0 Å². The summed E-state index contributed by atoms with van der Waals surface area (Å²) in [5.74, 6) is 0.112. The van der Waals surface area contributed by atoms with Crippen LogP contribution in [0, 0.1) is 5.41 Å². The standard InChI is InChI=1S/C15H20BrNOS/c1-15(2)6-3-8-17(9-7-15)14(18)12-10-11(19)4-5-13(12)16/h4-5,10,19H,3,6-9H2,1-2H3. The summed E-state index contributed by atoms with van der Waals surface area (Å²) >= 11 is 7.78. The number of benzene rings is 1. The van der Waals surface area contributed by atoms with Gasteiger partial charge in [-0.05, 0) is 58.8 Å². The summed E-state index contributed by atoms with van der Waals surface area (Å²) in [5, 5.41) is 0. The van der Waals surface area contributed by atoms with E-state index in [2.05, 4.69) is 42.4 Å². The zero-order chi connectivity index (χ0) is 14.0. The molecule has 0 radical (unpaired) electrons. The lowest BCUT2D eigenvalue weighted by molar-refractivity contribution is 0.0756. The normalized spacial score (nSPS) is 19.1. The van der Waals surface area contributed by atoms with Crippen molar-refractivity contribution in [2.45, 2.75) is 38.0 Å². The second kappa shape index (κ2) is 5.88. The van der Waals surface area contributed by atoms with Gasteiger partial charge >= 0.3 is 0 Å². The predicted octanol–water partition coefficient (Wildman–Crippen LogP) is 4.39. The van der Waals surface area contributed by atoms with Gasteiger partial charge < -0.3 is 4.90 Å². The van der Waals surface area contributed by atoms with E-state index in [1.807, 2.05) is 23.1 Å². The lowest BCUT2D eigenvalue weighted by Crippen LogP contribution is -2.32. The van der Waals surface area contributed by atoms with Gasteiger partial charge in [0.2, 0.25) is 0 Å². The monoisotopic (exact) mass is 341 g/mol. The highest BCUT2D eigenvalue weighted by Crippen LogP contribution is 2.31. The second-order valence-electron chi connectivity index (χ2n) is 5.97. The molecule has 4 heteroatoms. The summed E-state index contributed by atoms with van der Waals surface area (Å²) in [6, 6.07) is 5.61. The van der Waals surface area contributed by atoms with Gasteiger partial charge in [0.1, 0.15) is 0 Å². The van der Waals surface area contributed by atoms with E-state index in [0.29, 0.717) is 11.0 Å². The molecule has 1 aromatic rings. The van der Waals surface area contributed by atoms with Crippen molar-refractivity contribution in [2.75, 3.05) is 13.1 Å². The van der Waals surface area contributed by atoms with Crippen molar-refractivity contribution in [2.24, 2.45) is 5.41 Å². The van der Waals surface area contributed by atoms with Crippen LogP contribution < -0.4 is 0 Å². The van der Waals surface area contributed by atoms with Crippen molar-refractivity contribution in [3.05, 3.63) is 28.2 Å². The first-order valence-electron chi connectivity index (χ1n) is 6.67. The van der Waals surface area contributed by atoms with E-state index >= 15 is 0 Å². The highest BCUT2D eigenvalue weighted by atomic mass is 79.9. The molecule has 0 spiro atoms. The summed E-state index contributed by atoms with van der Waals surface area (Å²) in [6.07, 6.45) is 3.33. The Kier molecular flexibility index (Phi) is 4.62. The van der Waals surface area contributed by atoms with Crippen LogP contribution in [0.2, 0.25) is 0 Å². The average Bonchev–Trinajstić information content (AvgIpc) is 2.52. The van der Waals surface area contributed by atoms with Crippen molar-refractivity contribution in [3.8, 4) is 0 Å². The molecule has 0 atom stereocenters. The quantitative estimate of drug-likeness (QED) is 0.751. The Morgan fingerprint density at radius 2 is 2.05 bits per heavy atom. The summed E-state index contributed by atoms with van der Waals surface area (Å²) in [7, 11) is 0. The maximum Gasteiger partial charge on any atom is 0.255 e. The van der Waals surface area contributed by atoms with E-state index < -0.39 is 0 Å². The van der Waals surface area contributed by atoms with Crippen LogP contribution >= 0.6 is 28.6 Å². The van der Waals surface area contributed by atoms with E-state index in [1.165, 1.54) is 6.42 Å². The molecule has 1 aliphatic rings. The molecule has 0 aliphatic carbocycles. The number of rotatable bonds is 1. The number of hydrogen-bond donors (Lipinski definition) is 1. The maximum atomic E-state index is 12.6. The third-order valence-corrected chi connectivity index (χ3v) is 4.78. The van der Waals surface area contributed by atoms with Crippen LogP contribution in [0.4, 0.5) is 0 Å². The molecule has 2 nitrogen and oxygen atoms in total. The molecule has 0 unspecified atom stereocenters. The fraction of sp³-hybridized carbons (Fsp3) is 0.533. The van der Waals surface area contributed by atoms with Gasteiger partial charge in [0.05, 0.1) is 5.56 Å². The Morgan fingerprint density at radius 3 is 2.79 bits per heavy atom. The van der Waals surface area contributed by atoms with E-state index in [-0.39, 0.29) is 5.91 Å². The minimum atomic E-state index is 0.112. The van der Waals surface area contributed by atoms with Gasteiger partial charge in [0.15, 0.2) is 0 Å². The Morgan fingerprint density at radius 1 is 1.32 bits per heavy atom. The summed E-state index contributed by atoms with van der Waals surface area (Å²) in [6.45, 7) is 6.26. The van der Waals surface area contributed by atoms with Crippen LogP contribution in [0.5, 0.6) is 0 Å². The molecule has 1 amide bonds. The molecule has 1 heterocycles. The van der Waals surface area contributed by atoms with Crippen LogP contribution in [-0.4, -0.2) is 23.9 Å². The number of carbonyl (C=O) groups is 1. The fourth-order valence-corrected chi connectivity index (χ4v) is 3.09. The molecular weight excluding hydrogens is 322 g/mol. The Labute approximate surface area is 129 Å². The molecule has 104 valence electrons. The topological polar surface area (TPSA) is 20.3 Å². The molecular formula is C15H20BrNOS. The third kappa shape index (κ3) is 3.76. The molecule has 0 saturated carbocycles. The van der Waals surface area contributed by atoms with Gasteiger partial charge in [0, 0.05) is 22.5 Å². The summed E-state index contributed by atoms with van der Waals surface area (Å²) < 4.78 is 0.846. The first-order chi connectivity index (χ1) is 8.89. The smallest absolute Gasteiger partial charge is 0.255 e. The fourth-order valence-electron chi connectivity index (χ4n) is 2.47. The Bertz CT molecular complexity index is 487. The second-order valence-corrected chi connectivity index (χ2v) is 7.34. The lowest BCUT2D eigenvalue weighted by Gasteiger charge is -2.23. The number of nitrogens with zero attached hydrogens (tertiary/aromatic N) is 1. The number of amides is 1. The number of halogens is 1. The number of thiol groups is 1. The van der Waals surface area contributed by atoms with Gasteiger partial charge in [-0.2, -0.15) is 0 Å². The SMILES string of the molecule is CC1(C)CCCN(C(=O)c2cc(S)ccc2Br)CC1. The zero-order valence-corrected chi connectivity index (χ0v) is 13.9. The number of likely N-dealkylation sites (tertiary alicyclic amines) is 1. The summed E-state index contributed by atoms with van der Waals surface area (Å²) in [4.78, 5) is 15.4. The van der Waals surface area contributed by atoms with Crippen LogP contribution in [0.15, 0.2) is 27.6 Å². The van der Waals surface area contributed by atoms with Crippen molar-refractivity contribution in [1.82, 2.24) is 4.90 Å². The van der Waals surface area contributed by atoms with E-state index in [9.17, 15) is 4.79 Å². The first-order valence-corrected chi connectivity index (χ1v) is 7.91. The highest BCUT2D eigenvalue weighted by Gasteiger charge is 2.26. The molecule has 1 saturated heterocycles. The maximum absolute atomic E-state index is 12.6. The molecule has 2 rings (SSSR count). The van der Waals surface area contributed by atoms with Crippen LogP contribution in [-0.2, 0) is 0 Å². The molecule has 0 aromatic heterocycles. The highest BCUT2D eigenvalue weighted by molar-refractivity contribution is 9.10. The first kappa shape index (κ1) is 14.9. The largest absolute Gasteiger partial charge is 0.339 e. The molecule has 0 N–H and O–H groups in total. The average molecular weight is 342 g/mol. The van der Waals surface area contributed by atoms with Crippen molar-refractivity contribution in [1.29, 1.82) is 0 Å². The lowest BCUT2D eigenvalue weighted by atomic mass is 9.85. The van der Waals surface area contributed by atoms with Gasteiger partial charge in [-0.15, -0.1) is 12.6 Å². The molecule has 19 heavy (non-hydrogen) atoms. The van der Waals surface area contributed by atoms with Gasteiger partial charge in [-0.3, -0.25) is 4.79 Å². The Hall–Kier alpha value is -0.480. The van der Waals surface area contributed by atoms with Crippen LogP contribution in [0.1, 0.15) is 43.5 Å². The van der Waals surface area contributed by atoms with Gasteiger partial charge in [0.25, 0.3) is 5.91 Å². The minimum Gasteiger partial charge on any atom is -0.339 e. The van der Waals surface area contributed by atoms with Crippen molar-refractivity contribution < 1.29 is 4.79 Å². The van der Waals surface area contributed by atoms with Crippen molar-refractivity contribution in [3.63, 3.8) is 0 Å². The predicted molar refractivity (Wildman–Crippen MR) is 84.9 cm³/mol. The van der Waals surface area contributed by atoms with E-state index in [0.717, 1.165) is 35.3 Å². The molecule has 0 bridgehead atoms. The van der Waals surface area contributed by atoms with Crippen LogP contribution in [0.25, 0.3) is 0 Å². The van der Waals surface area contributed by atoms with Gasteiger partial charge in [-0.1, -0.05) is 13.8 Å². The molecule has 1 fully saturated rings. The zero-order valence-electron chi connectivity index (χ0n) is 11.4. The van der Waals surface area contributed by atoms with Crippen LogP contribution in [0.3, 0.4) is 0 Å². The number of hydrogen-bond acceptors (Lipinski definition) is 2. The van der Waals surface area contributed by atoms with Crippen molar-refractivity contribution >= 4 is 34.5 Å². The third-order valence-electron chi connectivity index (χ3n) is 3.81.